The first-order chi connectivity index (χ1) is 18.2. The number of benzene rings is 1. The number of thioether (sulfide) groups is 1. The minimum atomic E-state index is -0.945. The van der Waals surface area contributed by atoms with E-state index in [0.717, 1.165) is 11.3 Å². The molecular weight excluding hydrogens is 508 g/mol. The first-order valence-corrected chi connectivity index (χ1v) is 12.5. The Labute approximate surface area is 225 Å². The number of pyridine rings is 1. The van der Waals surface area contributed by atoms with Crippen molar-refractivity contribution in [3.63, 3.8) is 0 Å². The third-order valence-electron chi connectivity index (χ3n) is 5.78. The molecule has 1 aromatic heterocycles. The van der Waals surface area contributed by atoms with Gasteiger partial charge in [0.2, 0.25) is 11.6 Å². The Morgan fingerprint density at radius 1 is 1.11 bits per heavy atom. The Kier molecular flexibility index (Phi) is 9.11. The molecule has 1 aromatic carbocycles. The summed E-state index contributed by atoms with van der Waals surface area (Å²) in [6, 6.07) is 9.36. The molecule has 1 aliphatic rings. The molecule has 11 heteroatoms. The monoisotopic (exact) mass is 536 g/mol. The number of allylic oxidation sites excluding steroid dienone is 1. The van der Waals surface area contributed by atoms with Crippen LogP contribution in [-0.2, 0) is 14.3 Å². The van der Waals surface area contributed by atoms with Gasteiger partial charge >= 0.3 is 5.97 Å². The molecule has 2 heterocycles. The van der Waals surface area contributed by atoms with Crippen LogP contribution in [0.15, 0.2) is 46.0 Å². The maximum absolute atomic E-state index is 13.3. The lowest BCUT2D eigenvalue weighted by atomic mass is 9.82. The highest BCUT2D eigenvalue weighted by molar-refractivity contribution is 7.99. The number of methoxy groups -OCH3 is 3. The van der Waals surface area contributed by atoms with Gasteiger partial charge in [0.1, 0.15) is 28.5 Å². The van der Waals surface area contributed by atoms with Crippen molar-refractivity contribution in [1.82, 2.24) is 4.98 Å². The molecule has 10 nitrogen and oxygen atoms in total. The summed E-state index contributed by atoms with van der Waals surface area (Å²) < 4.78 is 27.6. The fourth-order valence-electron chi connectivity index (χ4n) is 4.14. The molecule has 1 atom stereocenters. The summed E-state index contributed by atoms with van der Waals surface area (Å²) in [5.41, 5.74) is 8.76. The lowest BCUT2D eigenvalue weighted by Crippen LogP contribution is -2.27. The predicted molar refractivity (Wildman–Crippen MR) is 140 cm³/mol. The number of carbonyl (C=O) groups excluding carboxylic acids is 1. The Hall–Kier alpha value is -4.35. The van der Waals surface area contributed by atoms with Gasteiger partial charge in [-0.25, -0.2) is 9.78 Å². The maximum atomic E-state index is 13.3. The van der Waals surface area contributed by atoms with E-state index in [-0.39, 0.29) is 35.1 Å². The summed E-state index contributed by atoms with van der Waals surface area (Å²) in [6.45, 7) is 5.44. The van der Waals surface area contributed by atoms with Gasteiger partial charge in [0.25, 0.3) is 0 Å². The van der Waals surface area contributed by atoms with Crippen LogP contribution < -0.4 is 19.9 Å². The highest BCUT2D eigenvalue weighted by Crippen LogP contribution is 2.46. The second-order valence-electron chi connectivity index (χ2n) is 8.10. The standard InChI is InChI=1S/C27H28N4O6S/c1-7-36-27(32)23-21(13-38-26-17(11-28)14(2)8-15(3)31-26)37-25(30)18(12-29)22(23)16-9-19(33-4)24(35-6)20(10-16)34-5/h8-10,22H,7,13,30H2,1-6H3/t22-/m0/s1. The predicted octanol–water partition coefficient (Wildman–Crippen LogP) is 4.01. The largest absolute Gasteiger partial charge is 0.493 e. The van der Waals surface area contributed by atoms with Crippen LogP contribution in [0, 0.1) is 36.5 Å². The molecule has 1 aliphatic heterocycles. The van der Waals surface area contributed by atoms with Crippen LogP contribution in [0.2, 0.25) is 0 Å². The Balaban J connectivity index is 2.22. The number of hydrogen-bond acceptors (Lipinski definition) is 11. The number of rotatable bonds is 9. The topological polar surface area (TPSA) is 150 Å². The zero-order chi connectivity index (χ0) is 28.0. The molecule has 0 amide bonds. The lowest BCUT2D eigenvalue weighted by Gasteiger charge is -2.28. The van der Waals surface area contributed by atoms with Crippen molar-refractivity contribution in [1.29, 1.82) is 10.5 Å². The number of nitrogens with zero attached hydrogens (tertiary/aromatic N) is 3. The molecule has 3 rings (SSSR count). The lowest BCUT2D eigenvalue weighted by molar-refractivity contribution is -0.139. The second kappa shape index (κ2) is 12.3. The molecule has 2 N–H and O–H groups in total. The fraction of sp³-hybridized carbons (Fsp3) is 0.333. The van der Waals surface area contributed by atoms with E-state index in [9.17, 15) is 15.3 Å². The minimum absolute atomic E-state index is 0.0262. The average molecular weight is 537 g/mol. The quantitative estimate of drug-likeness (QED) is 0.366. The van der Waals surface area contributed by atoms with Crippen LogP contribution in [0.5, 0.6) is 17.2 Å². The van der Waals surface area contributed by atoms with Gasteiger partial charge < -0.3 is 29.4 Å². The molecule has 0 saturated heterocycles. The third kappa shape index (κ3) is 5.48. The molecule has 0 spiro atoms. The first-order valence-electron chi connectivity index (χ1n) is 11.5. The molecule has 38 heavy (non-hydrogen) atoms. The summed E-state index contributed by atoms with van der Waals surface area (Å²) in [6.07, 6.45) is 0. The number of nitriles is 2. The van der Waals surface area contributed by atoms with Gasteiger partial charge in [-0.1, -0.05) is 11.8 Å². The van der Waals surface area contributed by atoms with E-state index in [4.69, 9.17) is 29.4 Å². The van der Waals surface area contributed by atoms with Crippen LogP contribution >= 0.6 is 11.8 Å². The van der Waals surface area contributed by atoms with Crippen molar-refractivity contribution in [2.45, 2.75) is 31.7 Å². The van der Waals surface area contributed by atoms with E-state index in [1.165, 1.54) is 33.1 Å². The van der Waals surface area contributed by atoms with Gasteiger partial charge in [-0.15, -0.1) is 0 Å². The van der Waals surface area contributed by atoms with Gasteiger partial charge in [-0.2, -0.15) is 10.5 Å². The molecular formula is C27H28N4O6S. The zero-order valence-electron chi connectivity index (χ0n) is 22.0. The average Bonchev–Trinajstić information content (AvgIpc) is 2.90. The number of hydrogen-bond donors (Lipinski definition) is 1. The highest BCUT2D eigenvalue weighted by atomic mass is 32.2. The Morgan fingerprint density at radius 3 is 2.29 bits per heavy atom. The van der Waals surface area contributed by atoms with Crippen molar-refractivity contribution in [2.75, 3.05) is 33.7 Å². The van der Waals surface area contributed by atoms with Crippen LogP contribution in [0.4, 0.5) is 0 Å². The highest BCUT2D eigenvalue weighted by Gasteiger charge is 2.38. The second-order valence-corrected chi connectivity index (χ2v) is 9.07. The van der Waals surface area contributed by atoms with E-state index in [1.807, 2.05) is 19.9 Å². The molecule has 2 aromatic rings. The summed E-state index contributed by atoms with van der Waals surface area (Å²) in [7, 11) is 4.41. The van der Waals surface area contributed by atoms with Crippen molar-refractivity contribution in [3.05, 3.63) is 63.4 Å². The number of carbonyl (C=O) groups is 1. The van der Waals surface area contributed by atoms with Crippen molar-refractivity contribution in [3.8, 4) is 29.4 Å². The summed E-state index contributed by atoms with van der Waals surface area (Å²) in [5, 5.41) is 20.2. The third-order valence-corrected chi connectivity index (χ3v) is 6.75. The molecule has 0 bridgehead atoms. The number of aryl methyl sites for hydroxylation is 2. The molecule has 0 aliphatic carbocycles. The maximum Gasteiger partial charge on any atom is 0.338 e. The normalized spacial score (nSPS) is 14.8. The van der Waals surface area contributed by atoms with E-state index < -0.39 is 11.9 Å². The van der Waals surface area contributed by atoms with E-state index >= 15 is 0 Å². The molecule has 0 fully saturated rings. The summed E-state index contributed by atoms with van der Waals surface area (Å²) in [4.78, 5) is 17.8. The Bertz CT molecular complexity index is 1380. The van der Waals surface area contributed by atoms with Gasteiger partial charge in [0.15, 0.2) is 11.5 Å². The van der Waals surface area contributed by atoms with E-state index in [1.54, 1.807) is 19.1 Å². The van der Waals surface area contributed by atoms with E-state index in [0.29, 0.717) is 33.4 Å². The van der Waals surface area contributed by atoms with Gasteiger partial charge in [0.05, 0.1) is 50.7 Å². The molecule has 0 radical (unpaired) electrons. The van der Waals surface area contributed by atoms with Crippen molar-refractivity contribution >= 4 is 17.7 Å². The van der Waals surface area contributed by atoms with Gasteiger partial charge in [-0.05, 0) is 50.1 Å². The van der Waals surface area contributed by atoms with Crippen LogP contribution in [0.3, 0.4) is 0 Å². The SMILES string of the molecule is CCOC(=O)C1=C(CSc2nc(C)cc(C)c2C#N)OC(N)=C(C#N)[C@@H]1c1cc(OC)c(OC)c(OC)c1. The fourth-order valence-corrected chi connectivity index (χ4v) is 5.18. The smallest absolute Gasteiger partial charge is 0.338 e. The van der Waals surface area contributed by atoms with Gasteiger partial charge in [-0.3, -0.25) is 0 Å². The van der Waals surface area contributed by atoms with Crippen LogP contribution in [-0.4, -0.2) is 44.6 Å². The zero-order valence-corrected chi connectivity index (χ0v) is 22.8. The molecule has 198 valence electrons. The number of esters is 1. The van der Waals surface area contributed by atoms with Crippen LogP contribution in [0.1, 0.15) is 35.2 Å². The summed E-state index contributed by atoms with van der Waals surface area (Å²) >= 11 is 1.22. The molecule has 0 unspecified atom stereocenters. The number of aromatic nitrogens is 1. The Morgan fingerprint density at radius 2 is 1.76 bits per heavy atom. The number of nitrogens with two attached hydrogens (primary N) is 1. The number of ether oxygens (including phenoxy) is 5. The van der Waals surface area contributed by atoms with Crippen LogP contribution in [0.25, 0.3) is 0 Å². The van der Waals surface area contributed by atoms with Crippen molar-refractivity contribution < 1.29 is 28.5 Å². The van der Waals surface area contributed by atoms with E-state index in [2.05, 4.69) is 17.1 Å². The summed E-state index contributed by atoms with van der Waals surface area (Å²) in [5.74, 6) is -0.460. The van der Waals surface area contributed by atoms with Gasteiger partial charge in [0, 0.05) is 5.69 Å². The first kappa shape index (κ1) is 28.2. The van der Waals surface area contributed by atoms with Crippen molar-refractivity contribution in [2.24, 2.45) is 5.73 Å². The molecule has 0 saturated carbocycles. The minimum Gasteiger partial charge on any atom is -0.493 e.